The average Bonchev–Trinajstić information content (AvgIpc) is 2.30. The van der Waals surface area contributed by atoms with Gasteiger partial charge in [0.15, 0.2) is 0 Å². The molecular formula is C11H22OSi2. The first-order valence-electron chi connectivity index (χ1n) is 6.41. The highest BCUT2D eigenvalue weighted by Crippen LogP contribution is 2.25. The maximum Gasteiger partial charge on any atom is 0.110 e. The van der Waals surface area contributed by atoms with Gasteiger partial charge in [0.25, 0.3) is 0 Å². The van der Waals surface area contributed by atoms with Gasteiger partial charge >= 0.3 is 0 Å². The SMILES string of the molecule is O=C([SiH]1CCCCC1)[SiH]1CCCCC1. The Hall–Kier alpha value is 0.104. The summed E-state index contributed by atoms with van der Waals surface area (Å²) in [6.45, 7) is 0. The summed E-state index contributed by atoms with van der Waals surface area (Å²) in [5, 5.41) is 0.907. The van der Waals surface area contributed by atoms with Crippen LogP contribution in [0.2, 0.25) is 24.2 Å². The summed E-state index contributed by atoms with van der Waals surface area (Å²) in [6.07, 6.45) is 8.33. The largest absolute Gasteiger partial charge is 0.312 e. The Morgan fingerprint density at radius 3 is 1.36 bits per heavy atom. The Morgan fingerprint density at radius 2 is 1.00 bits per heavy atom. The maximum atomic E-state index is 12.3. The Balaban J connectivity index is 1.85. The summed E-state index contributed by atoms with van der Waals surface area (Å²) >= 11 is 0. The first-order chi connectivity index (χ1) is 6.88. The quantitative estimate of drug-likeness (QED) is 0.661. The fourth-order valence-corrected chi connectivity index (χ4v) is 12.6. The Kier molecular flexibility index (Phi) is 3.99. The highest BCUT2D eigenvalue weighted by atomic mass is 28.3. The van der Waals surface area contributed by atoms with Crippen molar-refractivity contribution in [3.05, 3.63) is 0 Å². The molecule has 0 unspecified atom stereocenters. The van der Waals surface area contributed by atoms with Crippen molar-refractivity contribution in [2.24, 2.45) is 0 Å². The van der Waals surface area contributed by atoms with Gasteiger partial charge in [0.05, 0.1) is 5.03 Å². The van der Waals surface area contributed by atoms with Crippen molar-refractivity contribution in [2.45, 2.75) is 62.7 Å². The summed E-state index contributed by atoms with van der Waals surface area (Å²) in [4.78, 5) is 12.3. The van der Waals surface area contributed by atoms with Crippen LogP contribution in [0.25, 0.3) is 0 Å². The first kappa shape index (κ1) is 10.6. The van der Waals surface area contributed by atoms with Crippen molar-refractivity contribution in [3.63, 3.8) is 0 Å². The summed E-state index contributed by atoms with van der Waals surface area (Å²) in [5.74, 6) is 0. The predicted octanol–water partition coefficient (Wildman–Crippen LogP) is 3.09. The standard InChI is InChI=1S/C11H22OSi2/c12-11(13-7-3-1-4-8-13)14-9-5-2-6-10-14/h13-14H,1-10H2. The van der Waals surface area contributed by atoms with E-state index in [1.165, 1.54) is 62.7 Å². The molecule has 2 aliphatic heterocycles. The van der Waals surface area contributed by atoms with Crippen LogP contribution in [-0.2, 0) is 0 Å². The van der Waals surface area contributed by atoms with Crippen LogP contribution in [0.5, 0.6) is 0 Å². The lowest BCUT2D eigenvalue weighted by molar-refractivity contribution is 0.272. The van der Waals surface area contributed by atoms with E-state index in [-0.39, 0.29) is 0 Å². The minimum atomic E-state index is -0.871. The number of carbonyl (C=O) groups is 1. The molecule has 0 bridgehead atoms. The highest BCUT2D eigenvalue weighted by Gasteiger charge is 2.30. The van der Waals surface area contributed by atoms with E-state index in [1.54, 1.807) is 0 Å². The van der Waals surface area contributed by atoms with Crippen LogP contribution in [0.1, 0.15) is 38.5 Å². The zero-order valence-electron chi connectivity index (χ0n) is 9.13. The van der Waals surface area contributed by atoms with E-state index in [1.807, 2.05) is 0 Å². The van der Waals surface area contributed by atoms with Crippen molar-refractivity contribution in [1.29, 1.82) is 0 Å². The summed E-state index contributed by atoms with van der Waals surface area (Å²) < 4.78 is 0. The van der Waals surface area contributed by atoms with Crippen molar-refractivity contribution in [1.82, 2.24) is 0 Å². The van der Waals surface area contributed by atoms with Crippen LogP contribution in [0.15, 0.2) is 0 Å². The molecule has 0 aromatic rings. The van der Waals surface area contributed by atoms with Gasteiger partial charge in [0.2, 0.25) is 0 Å². The van der Waals surface area contributed by atoms with Gasteiger partial charge in [-0.15, -0.1) is 0 Å². The molecule has 0 aromatic carbocycles. The van der Waals surface area contributed by atoms with E-state index in [0.29, 0.717) is 0 Å². The van der Waals surface area contributed by atoms with Crippen LogP contribution < -0.4 is 0 Å². The maximum absolute atomic E-state index is 12.3. The van der Waals surface area contributed by atoms with Gasteiger partial charge in [-0.2, -0.15) is 0 Å². The molecule has 0 aromatic heterocycles. The van der Waals surface area contributed by atoms with Crippen molar-refractivity contribution in [3.8, 4) is 0 Å². The Morgan fingerprint density at radius 1 is 0.643 bits per heavy atom. The van der Waals surface area contributed by atoms with Crippen LogP contribution in [0.4, 0.5) is 4.79 Å². The lowest BCUT2D eigenvalue weighted by Crippen LogP contribution is -2.39. The van der Waals surface area contributed by atoms with Gasteiger partial charge in [0.1, 0.15) is 17.6 Å². The lowest BCUT2D eigenvalue weighted by atomic mass is 10.3. The summed E-state index contributed by atoms with van der Waals surface area (Å²) in [6, 6.07) is 5.45. The van der Waals surface area contributed by atoms with E-state index in [0.717, 1.165) is 5.03 Å². The molecule has 0 spiro atoms. The first-order valence-corrected chi connectivity index (χ1v) is 10.8. The smallest absolute Gasteiger partial charge is 0.110 e. The minimum absolute atomic E-state index is 0.871. The molecule has 2 heterocycles. The minimum Gasteiger partial charge on any atom is -0.312 e. The fraction of sp³-hybridized carbons (Fsp3) is 0.909. The van der Waals surface area contributed by atoms with Gasteiger partial charge in [0, 0.05) is 0 Å². The molecular weight excluding hydrogens is 204 g/mol. The summed E-state index contributed by atoms with van der Waals surface area (Å²) in [7, 11) is -1.74. The molecule has 3 heteroatoms. The molecule has 2 rings (SSSR count). The molecule has 2 saturated heterocycles. The van der Waals surface area contributed by atoms with Gasteiger partial charge in [-0.05, 0) is 0 Å². The zero-order chi connectivity index (χ0) is 9.80. The Labute approximate surface area is 90.5 Å². The normalized spacial score (nSPS) is 26.3. The van der Waals surface area contributed by atoms with Crippen molar-refractivity contribution >= 4 is 22.6 Å². The van der Waals surface area contributed by atoms with Gasteiger partial charge in [-0.1, -0.05) is 62.7 Å². The molecule has 0 saturated carbocycles. The average molecular weight is 226 g/mol. The van der Waals surface area contributed by atoms with Crippen LogP contribution in [-0.4, -0.2) is 22.6 Å². The Bertz CT molecular complexity index is 173. The summed E-state index contributed by atoms with van der Waals surface area (Å²) in [5.41, 5.74) is 0. The topological polar surface area (TPSA) is 17.1 Å². The second-order valence-electron chi connectivity index (χ2n) is 5.07. The molecule has 0 atom stereocenters. The molecule has 0 N–H and O–H groups in total. The van der Waals surface area contributed by atoms with Crippen LogP contribution in [0, 0.1) is 0 Å². The van der Waals surface area contributed by atoms with Crippen molar-refractivity contribution in [2.75, 3.05) is 0 Å². The van der Waals surface area contributed by atoms with Crippen LogP contribution in [0.3, 0.4) is 0 Å². The van der Waals surface area contributed by atoms with Gasteiger partial charge in [-0.25, -0.2) is 0 Å². The highest BCUT2D eigenvalue weighted by molar-refractivity contribution is 7.18. The van der Waals surface area contributed by atoms with E-state index >= 15 is 0 Å². The van der Waals surface area contributed by atoms with E-state index < -0.39 is 17.6 Å². The fourth-order valence-electron chi connectivity index (χ4n) is 3.11. The predicted molar refractivity (Wildman–Crippen MR) is 66.6 cm³/mol. The van der Waals surface area contributed by atoms with Crippen molar-refractivity contribution < 1.29 is 4.79 Å². The monoisotopic (exact) mass is 226 g/mol. The second-order valence-corrected chi connectivity index (χ2v) is 12.0. The zero-order valence-corrected chi connectivity index (χ0v) is 11.4. The molecule has 2 fully saturated rings. The molecule has 80 valence electrons. The molecule has 14 heavy (non-hydrogen) atoms. The van der Waals surface area contributed by atoms with E-state index in [2.05, 4.69) is 0 Å². The van der Waals surface area contributed by atoms with Gasteiger partial charge < -0.3 is 4.79 Å². The number of hydrogen-bond donors (Lipinski definition) is 0. The van der Waals surface area contributed by atoms with Crippen LogP contribution >= 0.6 is 0 Å². The third-order valence-electron chi connectivity index (χ3n) is 4.02. The van der Waals surface area contributed by atoms with E-state index in [9.17, 15) is 4.79 Å². The number of hydrogen-bond acceptors (Lipinski definition) is 1. The molecule has 0 aliphatic carbocycles. The molecule has 0 radical (unpaired) electrons. The molecule has 2 aliphatic rings. The van der Waals surface area contributed by atoms with Gasteiger partial charge in [-0.3, -0.25) is 0 Å². The van der Waals surface area contributed by atoms with E-state index in [4.69, 9.17) is 0 Å². The second kappa shape index (κ2) is 5.26. The molecule has 0 amide bonds. The number of rotatable bonds is 2. The molecule has 1 nitrogen and oxygen atoms in total. The number of carbonyl (C=O) groups excluding carboxylic acids is 1. The third kappa shape index (κ3) is 2.57. The third-order valence-corrected chi connectivity index (χ3v) is 12.9. The lowest BCUT2D eigenvalue weighted by Gasteiger charge is -2.25.